The lowest BCUT2D eigenvalue weighted by Gasteiger charge is -2.16. The molecule has 0 N–H and O–H groups in total. The molecule has 1 aromatic carbocycles. The molecule has 15 heavy (non-hydrogen) atoms. The highest BCUT2D eigenvalue weighted by Crippen LogP contribution is 2.24. The first-order chi connectivity index (χ1) is 7.09. The van der Waals surface area contributed by atoms with Gasteiger partial charge in [0.05, 0.1) is 6.61 Å². The first kappa shape index (κ1) is 12.1. The van der Waals surface area contributed by atoms with Crippen LogP contribution in [0.3, 0.4) is 0 Å². The van der Waals surface area contributed by atoms with E-state index in [2.05, 4.69) is 45.9 Å². The Hall–Kier alpha value is -0.980. The highest BCUT2D eigenvalue weighted by molar-refractivity contribution is 5.37. The molecule has 0 bridgehead atoms. The Kier molecular flexibility index (Phi) is 4.67. The highest BCUT2D eigenvalue weighted by atomic mass is 16.5. The number of hydrogen-bond donors (Lipinski definition) is 0. The molecule has 0 radical (unpaired) electrons. The van der Waals surface area contributed by atoms with Gasteiger partial charge in [0.15, 0.2) is 0 Å². The Balaban J connectivity index is 0.000000245. The fourth-order valence-corrected chi connectivity index (χ4v) is 1.49. The molecule has 0 saturated heterocycles. The molecule has 0 unspecified atom stereocenters. The van der Waals surface area contributed by atoms with Crippen molar-refractivity contribution in [2.75, 3.05) is 6.61 Å². The molecular formula is C14H22O. The van der Waals surface area contributed by atoms with Gasteiger partial charge in [0, 0.05) is 0 Å². The van der Waals surface area contributed by atoms with Crippen molar-refractivity contribution in [1.29, 1.82) is 0 Å². The maximum Gasteiger partial charge on any atom is 0.122 e. The number of benzene rings is 1. The van der Waals surface area contributed by atoms with E-state index < -0.39 is 0 Å². The second-order valence-electron chi connectivity index (χ2n) is 4.80. The van der Waals surface area contributed by atoms with E-state index in [0.29, 0.717) is 0 Å². The fourth-order valence-electron chi connectivity index (χ4n) is 1.49. The summed E-state index contributed by atoms with van der Waals surface area (Å²) in [7, 11) is 0. The molecule has 2 rings (SSSR count). The molecule has 1 nitrogen and oxygen atoms in total. The van der Waals surface area contributed by atoms with Gasteiger partial charge in [0.1, 0.15) is 5.75 Å². The van der Waals surface area contributed by atoms with Gasteiger partial charge >= 0.3 is 0 Å². The average molecular weight is 206 g/mol. The standard InChI is InChI=1S/C10H12O.C4H10/c1-8-4-5-10-9(7-8)3-2-6-11-10;1-4(2)3/h4-5,7H,2-3,6H2,1H3;4H,1-3H3. The summed E-state index contributed by atoms with van der Waals surface area (Å²) in [6.07, 6.45) is 2.34. The number of rotatable bonds is 0. The lowest BCUT2D eigenvalue weighted by atomic mass is 10.0. The fraction of sp³-hybridized carbons (Fsp3) is 0.571. The number of aryl methyl sites for hydroxylation is 2. The first-order valence-electron chi connectivity index (χ1n) is 5.82. The van der Waals surface area contributed by atoms with Gasteiger partial charge in [-0.05, 0) is 37.3 Å². The second-order valence-corrected chi connectivity index (χ2v) is 4.80. The predicted molar refractivity (Wildman–Crippen MR) is 65.5 cm³/mol. The molecule has 0 aliphatic carbocycles. The lowest BCUT2D eigenvalue weighted by molar-refractivity contribution is 0.288. The van der Waals surface area contributed by atoms with Crippen LogP contribution in [0.2, 0.25) is 0 Å². The molecule has 0 amide bonds. The number of fused-ring (bicyclic) bond motifs is 1. The molecular weight excluding hydrogens is 184 g/mol. The topological polar surface area (TPSA) is 9.23 Å². The van der Waals surface area contributed by atoms with Gasteiger partial charge in [-0.1, -0.05) is 38.5 Å². The highest BCUT2D eigenvalue weighted by Gasteiger charge is 2.08. The molecule has 1 heterocycles. The normalized spacial score (nSPS) is 13.7. The minimum atomic E-state index is 0.833. The van der Waals surface area contributed by atoms with Crippen molar-refractivity contribution in [3.63, 3.8) is 0 Å². The molecule has 0 atom stereocenters. The van der Waals surface area contributed by atoms with Gasteiger partial charge < -0.3 is 4.74 Å². The predicted octanol–water partition coefficient (Wildman–Crippen LogP) is 3.98. The van der Waals surface area contributed by atoms with Crippen LogP contribution in [0.5, 0.6) is 5.75 Å². The quantitative estimate of drug-likeness (QED) is 0.624. The maximum absolute atomic E-state index is 5.48. The monoisotopic (exact) mass is 206 g/mol. The number of ether oxygens (including phenoxy) is 1. The SMILES string of the molecule is CC(C)C.Cc1ccc2c(c1)CCCO2. The van der Waals surface area contributed by atoms with Crippen LogP contribution in [0.25, 0.3) is 0 Å². The summed E-state index contributed by atoms with van der Waals surface area (Å²) in [5.41, 5.74) is 2.70. The van der Waals surface area contributed by atoms with Crippen molar-refractivity contribution in [1.82, 2.24) is 0 Å². The zero-order valence-electron chi connectivity index (χ0n) is 10.3. The van der Waals surface area contributed by atoms with Crippen LogP contribution >= 0.6 is 0 Å². The van der Waals surface area contributed by atoms with E-state index in [1.807, 2.05) is 0 Å². The summed E-state index contributed by atoms with van der Waals surface area (Å²) in [5.74, 6) is 1.92. The molecule has 1 heteroatoms. The van der Waals surface area contributed by atoms with E-state index in [1.54, 1.807) is 0 Å². The molecule has 0 saturated carbocycles. The number of hydrogen-bond acceptors (Lipinski definition) is 1. The van der Waals surface area contributed by atoms with Gasteiger partial charge in [-0.3, -0.25) is 0 Å². The summed E-state index contributed by atoms with van der Waals surface area (Å²) < 4.78 is 5.48. The lowest BCUT2D eigenvalue weighted by Crippen LogP contribution is -2.07. The molecule has 84 valence electrons. The van der Waals surface area contributed by atoms with Crippen molar-refractivity contribution >= 4 is 0 Å². The summed E-state index contributed by atoms with van der Waals surface area (Å²) in [4.78, 5) is 0. The van der Waals surface area contributed by atoms with Crippen LogP contribution in [0.4, 0.5) is 0 Å². The summed E-state index contributed by atoms with van der Waals surface area (Å²) in [6.45, 7) is 9.50. The van der Waals surface area contributed by atoms with Crippen molar-refractivity contribution in [3.8, 4) is 5.75 Å². The minimum absolute atomic E-state index is 0.833. The Morgan fingerprint density at radius 2 is 1.87 bits per heavy atom. The molecule has 0 spiro atoms. The Morgan fingerprint density at radius 3 is 2.53 bits per heavy atom. The largest absolute Gasteiger partial charge is 0.493 e. The van der Waals surface area contributed by atoms with E-state index in [1.165, 1.54) is 17.5 Å². The second kappa shape index (κ2) is 5.79. The Labute approximate surface area is 93.5 Å². The molecule has 1 aliphatic rings. The average Bonchev–Trinajstić information content (AvgIpc) is 2.16. The van der Waals surface area contributed by atoms with Crippen molar-refractivity contribution < 1.29 is 4.74 Å². The summed E-state index contributed by atoms with van der Waals surface area (Å²) >= 11 is 0. The van der Waals surface area contributed by atoms with E-state index in [0.717, 1.165) is 24.7 Å². The van der Waals surface area contributed by atoms with E-state index in [-0.39, 0.29) is 0 Å². The van der Waals surface area contributed by atoms with E-state index in [4.69, 9.17) is 4.74 Å². The summed E-state index contributed by atoms with van der Waals surface area (Å²) in [5, 5.41) is 0. The molecule has 1 aromatic rings. The van der Waals surface area contributed by atoms with Crippen molar-refractivity contribution in [2.45, 2.75) is 40.5 Å². The van der Waals surface area contributed by atoms with Gasteiger partial charge in [-0.2, -0.15) is 0 Å². The van der Waals surface area contributed by atoms with Crippen LogP contribution in [0.15, 0.2) is 18.2 Å². The zero-order valence-corrected chi connectivity index (χ0v) is 10.3. The summed E-state index contributed by atoms with van der Waals surface area (Å²) in [6, 6.07) is 6.39. The molecule has 1 aliphatic heterocycles. The van der Waals surface area contributed by atoms with Gasteiger partial charge in [-0.15, -0.1) is 0 Å². The third-order valence-electron chi connectivity index (χ3n) is 2.06. The minimum Gasteiger partial charge on any atom is -0.493 e. The molecule has 0 fully saturated rings. The first-order valence-corrected chi connectivity index (χ1v) is 5.82. The van der Waals surface area contributed by atoms with Crippen LogP contribution in [0, 0.1) is 12.8 Å². The third kappa shape index (κ3) is 4.37. The van der Waals surface area contributed by atoms with E-state index >= 15 is 0 Å². The van der Waals surface area contributed by atoms with Gasteiger partial charge in [0.2, 0.25) is 0 Å². The molecule has 0 aromatic heterocycles. The van der Waals surface area contributed by atoms with Crippen LogP contribution < -0.4 is 4.74 Å². The van der Waals surface area contributed by atoms with E-state index in [9.17, 15) is 0 Å². The maximum atomic E-state index is 5.48. The van der Waals surface area contributed by atoms with Crippen LogP contribution in [-0.4, -0.2) is 6.61 Å². The smallest absolute Gasteiger partial charge is 0.122 e. The van der Waals surface area contributed by atoms with Crippen LogP contribution in [-0.2, 0) is 6.42 Å². The Morgan fingerprint density at radius 1 is 1.20 bits per heavy atom. The van der Waals surface area contributed by atoms with Gasteiger partial charge in [0.25, 0.3) is 0 Å². The van der Waals surface area contributed by atoms with Crippen LogP contribution in [0.1, 0.15) is 38.3 Å². The van der Waals surface area contributed by atoms with Crippen molar-refractivity contribution in [3.05, 3.63) is 29.3 Å². The Bertz CT molecular complexity index is 299. The zero-order chi connectivity index (χ0) is 11.3. The third-order valence-corrected chi connectivity index (χ3v) is 2.06. The van der Waals surface area contributed by atoms with Crippen molar-refractivity contribution in [2.24, 2.45) is 5.92 Å². The van der Waals surface area contributed by atoms with Gasteiger partial charge in [-0.25, -0.2) is 0 Å².